The average molecular weight is 384 g/mol. The predicted molar refractivity (Wildman–Crippen MR) is 107 cm³/mol. The number of para-hydroxylation sites is 1. The minimum Gasteiger partial charge on any atom is -0.345 e. The third kappa shape index (κ3) is 4.35. The molecule has 2 aromatic carbocycles. The Bertz CT molecular complexity index is 819. The van der Waals surface area contributed by atoms with Crippen molar-refractivity contribution in [3.63, 3.8) is 0 Å². The van der Waals surface area contributed by atoms with Crippen molar-refractivity contribution in [1.82, 2.24) is 25.4 Å². The Labute approximate surface area is 164 Å². The first-order valence-electron chi connectivity index (χ1n) is 8.91. The number of amides is 1. The highest BCUT2D eigenvalue weighted by Crippen LogP contribution is 2.21. The second kappa shape index (κ2) is 8.79. The van der Waals surface area contributed by atoms with Gasteiger partial charge in [0.25, 0.3) is 5.91 Å². The van der Waals surface area contributed by atoms with Gasteiger partial charge in [-0.05, 0) is 31.5 Å². The van der Waals surface area contributed by atoms with Gasteiger partial charge in [-0.2, -0.15) is 0 Å². The molecule has 0 saturated carbocycles. The molecule has 1 amide bonds. The zero-order chi connectivity index (χ0) is 17.8. The van der Waals surface area contributed by atoms with Crippen LogP contribution in [0, 0.1) is 0 Å². The Morgan fingerprint density at radius 2 is 1.78 bits per heavy atom. The number of carbonyl (C=O) groups is 1. The largest absolute Gasteiger partial charge is 0.345 e. The highest BCUT2D eigenvalue weighted by atomic mass is 35.5. The highest BCUT2D eigenvalue weighted by Gasteiger charge is 2.22. The van der Waals surface area contributed by atoms with Gasteiger partial charge in [0, 0.05) is 18.2 Å². The van der Waals surface area contributed by atoms with Gasteiger partial charge >= 0.3 is 0 Å². The van der Waals surface area contributed by atoms with Gasteiger partial charge < -0.3 is 10.6 Å². The number of hydrogen-bond donors (Lipinski definition) is 2. The van der Waals surface area contributed by atoms with Gasteiger partial charge in [0.2, 0.25) is 5.82 Å². The van der Waals surface area contributed by atoms with E-state index in [1.54, 1.807) is 4.68 Å². The Morgan fingerprint density at radius 3 is 2.44 bits per heavy atom. The number of aromatic nitrogens is 3. The van der Waals surface area contributed by atoms with Gasteiger partial charge in [-0.15, -0.1) is 17.5 Å². The van der Waals surface area contributed by atoms with Crippen LogP contribution in [0.15, 0.2) is 60.7 Å². The van der Waals surface area contributed by atoms with Crippen LogP contribution in [-0.4, -0.2) is 39.8 Å². The van der Waals surface area contributed by atoms with E-state index in [2.05, 4.69) is 20.7 Å². The Hall–Kier alpha value is -2.70. The molecule has 27 heavy (non-hydrogen) atoms. The molecule has 1 aliphatic rings. The zero-order valence-electron chi connectivity index (χ0n) is 14.8. The SMILES string of the molecule is Cl.O=C(NC1CCCNC1)c1nc(-c2ccccc2)n(-c2ccccc2)n1. The maximum atomic E-state index is 12.7. The summed E-state index contributed by atoms with van der Waals surface area (Å²) in [5, 5.41) is 10.8. The normalized spacial score (nSPS) is 16.4. The number of carbonyl (C=O) groups excluding carboxylic acids is 1. The summed E-state index contributed by atoms with van der Waals surface area (Å²) in [6, 6.07) is 19.7. The van der Waals surface area contributed by atoms with Crippen LogP contribution in [0.4, 0.5) is 0 Å². The summed E-state index contributed by atoms with van der Waals surface area (Å²) in [5.74, 6) is 0.618. The number of nitrogens with zero attached hydrogens (tertiary/aromatic N) is 3. The van der Waals surface area contributed by atoms with Crippen LogP contribution >= 0.6 is 12.4 Å². The number of hydrogen-bond acceptors (Lipinski definition) is 4. The Balaban J connectivity index is 0.00000210. The third-order valence-electron chi connectivity index (χ3n) is 4.48. The summed E-state index contributed by atoms with van der Waals surface area (Å²) in [7, 11) is 0. The van der Waals surface area contributed by atoms with E-state index in [-0.39, 0.29) is 30.2 Å². The number of nitrogens with one attached hydrogen (secondary N) is 2. The van der Waals surface area contributed by atoms with Crippen molar-refractivity contribution in [2.45, 2.75) is 18.9 Å². The Kier molecular flexibility index (Phi) is 6.21. The maximum Gasteiger partial charge on any atom is 0.291 e. The third-order valence-corrected chi connectivity index (χ3v) is 4.48. The lowest BCUT2D eigenvalue weighted by Gasteiger charge is -2.23. The molecule has 1 fully saturated rings. The molecular formula is C20H22ClN5O. The van der Waals surface area contributed by atoms with E-state index in [4.69, 9.17) is 0 Å². The van der Waals surface area contributed by atoms with E-state index < -0.39 is 0 Å². The molecule has 0 bridgehead atoms. The molecule has 140 valence electrons. The monoisotopic (exact) mass is 383 g/mol. The fourth-order valence-corrected chi connectivity index (χ4v) is 3.16. The topological polar surface area (TPSA) is 71.8 Å². The van der Waals surface area contributed by atoms with Crippen LogP contribution in [0.25, 0.3) is 17.1 Å². The zero-order valence-corrected chi connectivity index (χ0v) is 15.7. The fourth-order valence-electron chi connectivity index (χ4n) is 3.16. The summed E-state index contributed by atoms with van der Waals surface area (Å²) in [4.78, 5) is 17.2. The quantitative estimate of drug-likeness (QED) is 0.726. The average Bonchev–Trinajstić information content (AvgIpc) is 3.16. The number of rotatable bonds is 4. The summed E-state index contributed by atoms with van der Waals surface area (Å²) in [5.41, 5.74) is 1.79. The van der Waals surface area contributed by atoms with Crippen LogP contribution in [0.2, 0.25) is 0 Å². The Morgan fingerprint density at radius 1 is 1.07 bits per heavy atom. The number of benzene rings is 2. The van der Waals surface area contributed by atoms with Gasteiger partial charge in [-0.1, -0.05) is 48.5 Å². The van der Waals surface area contributed by atoms with E-state index in [0.29, 0.717) is 5.82 Å². The van der Waals surface area contributed by atoms with E-state index in [0.717, 1.165) is 37.2 Å². The van der Waals surface area contributed by atoms with E-state index >= 15 is 0 Å². The molecule has 7 heteroatoms. The molecule has 0 radical (unpaired) electrons. The molecule has 0 spiro atoms. The smallest absolute Gasteiger partial charge is 0.291 e. The predicted octanol–water partition coefficient (Wildman–Crippen LogP) is 2.84. The standard InChI is InChI=1S/C20H21N5O.ClH/c26-20(22-16-10-7-13-21-14-16)18-23-19(15-8-3-1-4-9-15)25(24-18)17-11-5-2-6-12-17;/h1-6,8-9,11-12,16,21H,7,10,13-14H2,(H,22,26);1H. The number of piperidine rings is 1. The van der Waals surface area contributed by atoms with Crippen LogP contribution < -0.4 is 10.6 Å². The molecule has 2 N–H and O–H groups in total. The maximum absolute atomic E-state index is 12.7. The van der Waals surface area contributed by atoms with Crippen LogP contribution in [0.5, 0.6) is 0 Å². The molecule has 3 aromatic rings. The second-order valence-corrected chi connectivity index (χ2v) is 6.39. The van der Waals surface area contributed by atoms with Crippen molar-refractivity contribution in [2.75, 3.05) is 13.1 Å². The molecule has 1 aromatic heterocycles. The van der Waals surface area contributed by atoms with Gasteiger partial charge in [-0.25, -0.2) is 9.67 Å². The van der Waals surface area contributed by atoms with Crippen molar-refractivity contribution >= 4 is 18.3 Å². The summed E-state index contributed by atoms with van der Waals surface area (Å²) >= 11 is 0. The molecular weight excluding hydrogens is 362 g/mol. The summed E-state index contributed by atoms with van der Waals surface area (Å²) in [6.45, 7) is 1.79. The number of halogens is 1. The molecule has 2 heterocycles. The minimum atomic E-state index is -0.231. The first-order chi connectivity index (χ1) is 12.8. The van der Waals surface area contributed by atoms with Crippen LogP contribution in [0.1, 0.15) is 23.5 Å². The fraction of sp³-hybridized carbons (Fsp3) is 0.250. The summed E-state index contributed by atoms with van der Waals surface area (Å²) in [6.07, 6.45) is 2.04. The summed E-state index contributed by atoms with van der Waals surface area (Å²) < 4.78 is 1.73. The van der Waals surface area contributed by atoms with Crippen molar-refractivity contribution in [1.29, 1.82) is 0 Å². The van der Waals surface area contributed by atoms with E-state index in [1.165, 1.54) is 0 Å². The molecule has 1 saturated heterocycles. The molecule has 6 nitrogen and oxygen atoms in total. The van der Waals surface area contributed by atoms with E-state index in [1.807, 2.05) is 60.7 Å². The van der Waals surface area contributed by atoms with Gasteiger partial charge in [0.15, 0.2) is 5.82 Å². The molecule has 1 unspecified atom stereocenters. The first-order valence-corrected chi connectivity index (χ1v) is 8.91. The molecule has 0 aliphatic carbocycles. The van der Waals surface area contributed by atoms with Crippen molar-refractivity contribution in [3.05, 3.63) is 66.5 Å². The van der Waals surface area contributed by atoms with Gasteiger partial charge in [-0.3, -0.25) is 4.79 Å². The lowest BCUT2D eigenvalue weighted by Crippen LogP contribution is -2.45. The lowest BCUT2D eigenvalue weighted by atomic mass is 10.1. The van der Waals surface area contributed by atoms with E-state index in [9.17, 15) is 4.79 Å². The minimum absolute atomic E-state index is 0. The molecule has 4 rings (SSSR count). The van der Waals surface area contributed by atoms with Crippen LogP contribution in [-0.2, 0) is 0 Å². The van der Waals surface area contributed by atoms with Crippen LogP contribution in [0.3, 0.4) is 0 Å². The van der Waals surface area contributed by atoms with Gasteiger partial charge in [0.05, 0.1) is 5.69 Å². The second-order valence-electron chi connectivity index (χ2n) is 6.39. The first kappa shape index (κ1) is 19.1. The van der Waals surface area contributed by atoms with Crippen molar-refractivity contribution < 1.29 is 4.79 Å². The van der Waals surface area contributed by atoms with Gasteiger partial charge in [0.1, 0.15) is 0 Å². The van der Waals surface area contributed by atoms with Crippen molar-refractivity contribution in [3.8, 4) is 17.1 Å². The lowest BCUT2D eigenvalue weighted by molar-refractivity contribution is 0.0920. The highest BCUT2D eigenvalue weighted by molar-refractivity contribution is 5.91. The molecule has 1 atom stereocenters. The molecule has 1 aliphatic heterocycles. The van der Waals surface area contributed by atoms with Crippen molar-refractivity contribution in [2.24, 2.45) is 0 Å².